The van der Waals surface area contributed by atoms with Gasteiger partial charge in [0.15, 0.2) is 0 Å². The molecule has 5 heteroatoms. The average molecular weight is 341 g/mol. The van der Waals surface area contributed by atoms with E-state index in [0.29, 0.717) is 11.5 Å². The Bertz CT molecular complexity index is 503. The number of hydrogen-bond acceptors (Lipinski definition) is 3. The van der Waals surface area contributed by atoms with E-state index in [4.69, 9.17) is 0 Å². The minimum atomic E-state index is -0.372. The molecule has 0 radical (unpaired) electrons. The van der Waals surface area contributed by atoms with Gasteiger partial charge in [-0.2, -0.15) is 0 Å². The highest BCUT2D eigenvalue weighted by molar-refractivity contribution is 9.10. The fraction of sp³-hybridized carbons (Fsp3) is 0.600. The summed E-state index contributed by atoms with van der Waals surface area (Å²) < 4.78 is 0.759. The first-order chi connectivity index (χ1) is 9.37. The summed E-state index contributed by atoms with van der Waals surface area (Å²) >= 11 is 3.42. The molecule has 1 aliphatic rings. The van der Waals surface area contributed by atoms with Gasteiger partial charge in [-0.15, -0.1) is 0 Å². The highest BCUT2D eigenvalue weighted by Gasteiger charge is 2.24. The fourth-order valence-electron chi connectivity index (χ4n) is 2.76. The summed E-state index contributed by atoms with van der Waals surface area (Å²) in [6, 6.07) is 5.35. The molecular weight excluding hydrogens is 320 g/mol. The first-order valence-electron chi connectivity index (χ1n) is 7.08. The van der Waals surface area contributed by atoms with Crippen LogP contribution in [0.1, 0.15) is 46.0 Å². The van der Waals surface area contributed by atoms with E-state index in [1.165, 1.54) is 19.3 Å². The molecular formula is C15H21BrN2O2. The second-order valence-corrected chi connectivity index (χ2v) is 7.21. The van der Waals surface area contributed by atoms with Crippen molar-refractivity contribution in [2.75, 3.05) is 5.32 Å². The van der Waals surface area contributed by atoms with E-state index in [1.54, 1.807) is 18.2 Å². The molecule has 0 saturated heterocycles. The van der Waals surface area contributed by atoms with Crippen LogP contribution in [-0.2, 0) is 0 Å². The molecule has 1 N–H and O–H groups in total. The number of non-ortho nitro benzene ring substituents is 1. The van der Waals surface area contributed by atoms with Crippen LogP contribution in [0.25, 0.3) is 0 Å². The van der Waals surface area contributed by atoms with Crippen molar-refractivity contribution >= 4 is 27.3 Å². The zero-order valence-electron chi connectivity index (χ0n) is 12.0. The van der Waals surface area contributed by atoms with E-state index < -0.39 is 0 Å². The number of anilines is 1. The van der Waals surface area contributed by atoms with Gasteiger partial charge in [0.25, 0.3) is 5.69 Å². The second kappa shape index (κ2) is 6.12. The van der Waals surface area contributed by atoms with Crippen LogP contribution < -0.4 is 5.32 Å². The lowest BCUT2D eigenvalue weighted by atomic mass is 9.85. The van der Waals surface area contributed by atoms with Gasteiger partial charge in [-0.25, -0.2) is 0 Å². The maximum absolute atomic E-state index is 10.7. The summed E-state index contributed by atoms with van der Waals surface area (Å²) in [4.78, 5) is 10.4. The zero-order chi connectivity index (χ0) is 14.8. The van der Waals surface area contributed by atoms with Crippen molar-refractivity contribution < 1.29 is 4.92 Å². The summed E-state index contributed by atoms with van der Waals surface area (Å²) in [7, 11) is 0. The maximum Gasteiger partial charge on any atom is 0.270 e. The first kappa shape index (κ1) is 15.3. The normalized spacial score (nSPS) is 22.1. The Morgan fingerprint density at radius 2 is 2.10 bits per heavy atom. The molecule has 1 aliphatic carbocycles. The molecule has 0 aromatic heterocycles. The van der Waals surface area contributed by atoms with Crippen molar-refractivity contribution in [1.82, 2.24) is 0 Å². The quantitative estimate of drug-likeness (QED) is 0.471. The average Bonchev–Trinajstić information content (AvgIpc) is 2.53. The molecule has 2 rings (SSSR count). The van der Waals surface area contributed by atoms with Gasteiger partial charge in [-0.1, -0.05) is 20.3 Å². The van der Waals surface area contributed by atoms with Crippen LogP contribution in [0, 0.1) is 15.5 Å². The van der Waals surface area contributed by atoms with Crippen molar-refractivity contribution in [2.24, 2.45) is 5.41 Å². The maximum atomic E-state index is 10.7. The Morgan fingerprint density at radius 1 is 1.35 bits per heavy atom. The van der Waals surface area contributed by atoms with E-state index in [2.05, 4.69) is 35.1 Å². The topological polar surface area (TPSA) is 55.2 Å². The van der Waals surface area contributed by atoms with Crippen molar-refractivity contribution in [1.29, 1.82) is 0 Å². The van der Waals surface area contributed by atoms with E-state index in [9.17, 15) is 10.1 Å². The molecule has 0 bridgehead atoms. The van der Waals surface area contributed by atoms with Gasteiger partial charge in [0.1, 0.15) is 0 Å². The summed E-state index contributed by atoms with van der Waals surface area (Å²) in [6.45, 7) is 4.66. The third kappa shape index (κ3) is 3.95. The van der Waals surface area contributed by atoms with Gasteiger partial charge in [-0.05, 0) is 53.1 Å². The van der Waals surface area contributed by atoms with Crippen molar-refractivity contribution in [2.45, 2.75) is 52.0 Å². The molecule has 1 fully saturated rings. The van der Waals surface area contributed by atoms with Crippen LogP contribution >= 0.6 is 15.9 Å². The molecule has 0 amide bonds. The third-order valence-corrected chi connectivity index (χ3v) is 4.75. The summed E-state index contributed by atoms with van der Waals surface area (Å²) in [5.41, 5.74) is 1.49. The van der Waals surface area contributed by atoms with Crippen LogP contribution in [0.4, 0.5) is 11.4 Å². The number of hydrogen-bond donors (Lipinski definition) is 1. The van der Waals surface area contributed by atoms with Crippen LogP contribution in [0.3, 0.4) is 0 Å². The summed E-state index contributed by atoms with van der Waals surface area (Å²) in [5, 5.41) is 14.3. The van der Waals surface area contributed by atoms with E-state index >= 15 is 0 Å². The molecule has 1 atom stereocenters. The highest BCUT2D eigenvalue weighted by atomic mass is 79.9. The second-order valence-electron chi connectivity index (χ2n) is 6.36. The lowest BCUT2D eigenvalue weighted by Crippen LogP contribution is -2.19. The fourth-order valence-corrected chi connectivity index (χ4v) is 3.24. The zero-order valence-corrected chi connectivity index (χ0v) is 13.6. The van der Waals surface area contributed by atoms with E-state index in [0.717, 1.165) is 23.0 Å². The van der Waals surface area contributed by atoms with E-state index in [-0.39, 0.29) is 10.6 Å². The van der Waals surface area contributed by atoms with Crippen LogP contribution in [0.2, 0.25) is 0 Å². The molecule has 1 aromatic rings. The summed E-state index contributed by atoms with van der Waals surface area (Å²) in [5.74, 6) is 0. The lowest BCUT2D eigenvalue weighted by Gasteiger charge is -2.22. The van der Waals surface area contributed by atoms with Crippen molar-refractivity contribution in [3.05, 3.63) is 32.8 Å². The Hall–Kier alpha value is -1.10. The third-order valence-electron chi connectivity index (χ3n) is 4.10. The number of nitro benzene ring substituents is 1. The molecule has 0 heterocycles. The monoisotopic (exact) mass is 340 g/mol. The SMILES string of the molecule is CC1(C)CCCC(Nc2ccc([N+](=O)[O-])cc2Br)CC1. The predicted octanol–water partition coefficient (Wildman–Crippen LogP) is 5.13. The molecule has 110 valence electrons. The molecule has 4 nitrogen and oxygen atoms in total. The number of benzene rings is 1. The lowest BCUT2D eigenvalue weighted by molar-refractivity contribution is -0.384. The van der Waals surface area contributed by atoms with Gasteiger partial charge in [0.05, 0.1) is 4.92 Å². The van der Waals surface area contributed by atoms with Gasteiger partial charge in [0, 0.05) is 28.3 Å². The van der Waals surface area contributed by atoms with Crippen LogP contribution in [0.5, 0.6) is 0 Å². The molecule has 1 unspecified atom stereocenters. The van der Waals surface area contributed by atoms with Crippen LogP contribution in [-0.4, -0.2) is 11.0 Å². The van der Waals surface area contributed by atoms with Gasteiger partial charge < -0.3 is 5.32 Å². The molecule has 0 spiro atoms. The summed E-state index contributed by atoms with van der Waals surface area (Å²) in [6.07, 6.45) is 6.03. The minimum absolute atomic E-state index is 0.115. The smallest absolute Gasteiger partial charge is 0.270 e. The molecule has 0 aliphatic heterocycles. The number of rotatable bonds is 3. The van der Waals surface area contributed by atoms with Gasteiger partial charge >= 0.3 is 0 Å². The molecule has 1 saturated carbocycles. The van der Waals surface area contributed by atoms with Gasteiger partial charge in [-0.3, -0.25) is 10.1 Å². The Balaban J connectivity index is 2.05. The Kier molecular flexibility index (Phi) is 4.68. The first-order valence-corrected chi connectivity index (χ1v) is 7.87. The van der Waals surface area contributed by atoms with Gasteiger partial charge in [0.2, 0.25) is 0 Å². The number of nitro groups is 1. The largest absolute Gasteiger partial charge is 0.381 e. The van der Waals surface area contributed by atoms with Crippen LogP contribution in [0.15, 0.2) is 22.7 Å². The van der Waals surface area contributed by atoms with Crippen molar-refractivity contribution in [3.63, 3.8) is 0 Å². The number of halogens is 1. The van der Waals surface area contributed by atoms with E-state index in [1.807, 2.05) is 0 Å². The molecule has 1 aromatic carbocycles. The number of nitrogens with one attached hydrogen (secondary N) is 1. The van der Waals surface area contributed by atoms with Crippen molar-refractivity contribution in [3.8, 4) is 0 Å². The Morgan fingerprint density at radius 3 is 2.75 bits per heavy atom. The standard InChI is InChI=1S/C15H21BrN2O2/c1-15(2)8-3-4-11(7-9-15)17-14-6-5-12(18(19)20)10-13(14)16/h5-6,10-11,17H,3-4,7-9H2,1-2H3. The highest BCUT2D eigenvalue weighted by Crippen LogP contribution is 2.36. The number of nitrogens with zero attached hydrogens (tertiary/aromatic N) is 1. The Labute approximate surface area is 128 Å². The minimum Gasteiger partial charge on any atom is -0.381 e. The predicted molar refractivity (Wildman–Crippen MR) is 85.1 cm³/mol. The molecule has 20 heavy (non-hydrogen) atoms.